The molecular weight excluding hydrogens is 488 g/mol. The number of benzene rings is 2. The van der Waals surface area contributed by atoms with E-state index in [1.54, 1.807) is 0 Å². The van der Waals surface area contributed by atoms with Gasteiger partial charge in [-0.1, -0.05) is 38.1 Å². The fraction of sp³-hybridized carbons (Fsp3) is 0.414. The van der Waals surface area contributed by atoms with Crippen LogP contribution in [0.25, 0.3) is 0 Å². The Balaban J connectivity index is 1.30. The van der Waals surface area contributed by atoms with Crippen LogP contribution in [0.1, 0.15) is 69.1 Å². The number of ether oxygens (including phenoxy) is 4. The molecule has 0 spiro atoms. The van der Waals surface area contributed by atoms with Gasteiger partial charge in [0.2, 0.25) is 0 Å². The first kappa shape index (κ1) is 27.0. The Morgan fingerprint density at radius 1 is 0.921 bits per heavy atom. The molecule has 0 unspecified atom stereocenters. The standard InChI is InChI=1S/C29H34N2O7/c1-28(2,3)38-26(33)30-20-15-23(16-20)36-21-11-7-18(8-12-21)29(4,5)19-9-13-22(14-10-19)37-27-31-24(17-35-27)25(32)34-6/h7-14,17,20,23H,15-16H2,1-6H3,(H,30,33). The molecule has 9 nitrogen and oxygen atoms in total. The minimum Gasteiger partial charge on any atom is -0.490 e. The second-order valence-electron chi connectivity index (χ2n) is 10.8. The van der Waals surface area contributed by atoms with Gasteiger partial charge in [-0.3, -0.25) is 0 Å². The molecule has 1 fully saturated rings. The number of carbonyl (C=O) groups is 2. The largest absolute Gasteiger partial charge is 0.490 e. The van der Waals surface area contributed by atoms with Crippen LogP contribution in [-0.4, -0.2) is 41.9 Å². The van der Waals surface area contributed by atoms with Crippen LogP contribution in [0.2, 0.25) is 0 Å². The summed E-state index contributed by atoms with van der Waals surface area (Å²) in [6.07, 6.45) is 2.32. The Morgan fingerprint density at radius 2 is 1.50 bits per heavy atom. The van der Waals surface area contributed by atoms with E-state index in [0.717, 1.165) is 29.7 Å². The average molecular weight is 523 g/mol. The fourth-order valence-corrected chi connectivity index (χ4v) is 4.11. The van der Waals surface area contributed by atoms with E-state index in [2.05, 4.69) is 41.0 Å². The predicted octanol–water partition coefficient (Wildman–Crippen LogP) is 6.01. The van der Waals surface area contributed by atoms with Gasteiger partial charge in [0.05, 0.1) is 7.11 Å². The van der Waals surface area contributed by atoms with Crippen LogP contribution in [0.15, 0.2) is 59.2 Å². The molecule has 3 aromatic rings. The van der Waals surface area contributed by atoms with E-state index < -0.39 is 17.7 Å². The summed E-state index contributed by atoms with van der Waals surface area (Å²) in [5.41, 5.74) is 1.49. The summed E-state index contributed by atoms with van der Waals surface area (Å²) in [4.78, 5) is 27.4. The first-order valence-electron chi connectivity index (χ1n) is 12.5. The molecule has 1 N–H and O–H groups in total. The molecule has 0 saturated heterocycles. The topological polar surface area (TPSA) is 109 Å². The number of carbonyl (C=O) groups excluding carboxylic acids is 2. The number of amides is 1. The molecule has 1 saturated carbocycles. The minimum atomic E-state index is -0.593. The van der Waals surface area contributed by atoms with Crippen molar-refractivity contribution in [2.45, 2.75) is 70.6 Å². The molecule has 0 bridgehead atoms. The van der Waals surface area contributed by atoms with Crippen molar-refractivity contribution >= 4 is 12.1 Å². The first-order valence-corrected chi connectivity index (χ1v) is 12.5. The molecule has 38 heavy (non-hydrogen) atoms. The SMILES string of the molecule is COC(=O)c1coc(Oc2ccc(C(C)(C)c3ccc(OC4CC(NC(=O)OC(C)(C)C)C4)cc3)cc2)n1. The highest BCUT2D eigenvalue weighted by Crippen LogP contribution is 2.35. The number of hydrogen-bond donors (Lipinski definition) is 1. The normalized spacial score (nSPS) is 17.2. The Kier molecular flexibility index (Phi) is 7.66. The van der Waals surface area contributed by atoms with E-state index in [-0.39, 0.29) is 29.3 Å². The number of methoxy groups -OCH3 is 1. The monoisotopic (exact) mass is 522 g/mol. The van der Waals surface area contributed by atoms with Crippen molar-refractivity contribution in [2.24, 2.45) is 0 Å². The van der Waals surface area contributed by atoms with Crippen LogP contribution in [-0.2, 0) is 14.9 Å². The lowest BCUT2D eigenvalue weighted by Gasteiger charge is -2.36. The van der Waals surface area contributed by atoms with Gasteiger partial charge in [0.1, 0.15) is 29.5 Å². The summed E-state index contributed by atoms with van der Waals surface area (Å²) in [5.74, 6) is 0.738. The Hall–Kier alpha value is -4.01. The third kappa shape index (κ3) is 6.65. The highest BCUT2D eigenvalue weighted by Gasteiger charge is 2.33. The number of oxazole rings is 1. The second-order valence-corrected chi connectivity index (χ2v) is 10.8. The molecule has 1 amide bonds. The van der Waals surface area contributed by atoms with Gasteiger partial charge in [0.25, 0.3) is 0 Å². The van der Waals surface area contributed by atoms with Gasteiger partial charge in [-0.2, -0.15) is 4.98 Å². The highest BCUT2D eigenvalue weighted by molar-refractivity contribution is 5.86. The molecule has 1 aliphatic carbocycles. The third-order valence-corrected chi connectivity index (χ3v) is 6.35. The molecule has 0 radical (unpaired) electrons. The van der Waals surface area contributed by atoms with E-state index in [4.69, 9.17) is 18.6 Å². The zero-order valence-electron chi connectivity index (χ0n) is 22.6. The molecule has 1 aliphatic rings. The van der Waals surface area contributed by atoms with E-state index in [1.807, 2.05) is 57.2 Å². The number of esters is 1. The zero-order chi connectivity index (χ0) is 27.5. The maximum atomic E-state index is 11.9. The van der Waals surface area contributed by atoms with Gasteiger partial charge in [-0.25, -0.2) is 9.59 Å². The number of nitrogens with one attached hydrogen (secondary N) is 1. The molecule has 4 rings (SSSR count). The average Bonchev–Trinajstić information content (AvgIpc) is 3.30. The Labute approximate surface area is 222 Å². The third-order valence-electron chi connectivity index (χ3n) is 6.35. The first-order chi connectivity index (χ1) is 17.9. The number of aromatic nitrogens is 1. The summed E-state index contributed by atoms with van der Waals surface area (Å²) < 4.78 is 26.8. The molecule has 2 aromatic carbocycles. The van der Waals surface area contributed by atoms with E-state index in [9.17, 15) is 9.59 Å². The minimum absolute atomic E-state index is 0.0357. The molecule has 202 valence electrons. The lowest BCUT2D eigenvalue weighted by molar-refractivity contribution is 0.0362. The summed E-state index contributed by atoms with van der Waals surface area (Å²) >= 11 is 0. The van der Waals surface area contributed by atoms with Gasteiger partial charge in [0, 0.05) is 24.3 Å². The summed E-state index contributed by atoms with van der Waals surface area (Å²) in [5, 5.41) is 2.88. The predicted molar refractivity (Wildman–Crippen MR) is 140 cm³/mol. The smallest absolute Gasteiger partial charge is 0.407 e. The summed E-state index contributed by atoms with van der Waals surface area (Å²) in [6, 6.07) is 15.8. The lowest BCUT2D eigenvalue weighted by Crippen LogP contribution is -2.50. The number of rotatable bonds is 8. The van der Waals surface area contributed by atoms with Crippen LogP contribution < -0.4 is 14.8 Å². The van der Waals surface area contributed by atoms with Crippen LogP contribution >= 0.6 is 0 Å². The molecule has 9 heteroatoms. The van der Waals surface area contributed by atoms with Crippen molar-refractivity contribution in [3.8, 4) is 17.6 Å². The Morgan fingerprint density at radius 3 is 2.05 bits per heavy atom. The maximum Gasteiger partial charge on any atom is 0.407 e. The van der Waals surface area contributed by atoms with Gasteiger partial charge in [-0.05, 0) is 56.2 Å². The van der Waals surface area contributed by atoms with Crippen molar-refractivity contribution in [1.29, 1.82) is 0 Å². The van der Waals surface area contributed by atoms with Gasteiger partial charge in [-0.15, -0.1) is 0 Å². The molecule has 1 heterocycles. The van der Waals surface area contributed by atoms with Crippen molar-refractivity contribution < 1.29 is 33.0 Å². The number of alkyl carbamates (subject to hydrolysis) is 1. The van der Waals surface area contributed by atoms with Crippen molar-refractivity contribution in [3.63, 3.8) is 0 Å². The number of hydrogen-bond acceptors (Lipinski definition) is 8. The van der Waals surface area contributed by atoms with E-state index >= 15 is 0 Å². The van der Waals surface area contributed by atoms with Gasteiger partial charge >= 0.3 is 18.1 Å². The molecular formula is C29H34N2O7. The van der Waals surface area contributed by atoms with Gasteiger partial charge < -0.3 is 28.7 Å². The quantitative estimate of drug-likeness (QED) is 0.358. The highest BCUT2D eigenvalue weighted by atomic mass is 16.6. The van der Waals surface area contributed by atoms with Crippen molar-refractivity contribution in [2.75, 3.05) is 7.11 Å². The van der Waals surface area contributed by atoms with Gasteiger partial charge in [0.15, 0.2) is 5.69 Å². The van der Waals surface area contributed by atoms with Crippen LogP contribution in [0, 0.1) is 0 Å². The van der Waals surface area contributed by atoms with Crippen molar-refractivity contribution in [1.82, 2.24) is 10.3 Å². The Bertz CT molecular complexity index is 1250. The zero-order valence-corrected chi connectivity index (χ0v) is 22.6. The molecule has 0 atom stereocenters. The van der Waals surface area contributed by atoms with E-state index in [1.165, 1.54) is 13.4 Å². The van der Waals surface area contributed by atoms with Crippen LogP contribution in [0.4, 0.5) is 4.79 Å². The molecule has 0 aliphatic heterocycles. The van der Waals surface area contributed by atoms with Crippen LogP contribution in [0.3, 0.4) is 0 Å². The molecule has 1 aromatic heterocycles. The fourth-order valence-electron chi connectivity index (χ4n) is 4.11. The summed E-state index contributed by atoms with van der Waals surface area (Å²) in [7, 11) is 1.27. The van der Waals surface area contributed by atoms with Crippen molar-refractivity contribution in [3.05, 3.63) is 71.6 Å². The summed E-state index contributed by atoms with van der Waals surface area (Å²) in [6.45, 7) is 9.83. The second kappa shape index (κ2) is 10.8. The lowest BCUT2D eigenvalue weighted by atomic mass is 9.78. The maximum absolute atomic E-state index is 11.9. The van der Waals surface area contributed by atoms with E-state index in [0.29, 0.717) is 5.75 Å². The van der Waals surface area contributed by atoms with Crippen LogP contribution in [0.5, 0.6) is 17.6 Å². The number of nitrogens with zero attached hydrogens (tertiary/aromatic N) is 1.